The molecule has 0 bridgehead atoms. The minimum atomic E-state index is -3.73. The molecule has 1 heterocycles. The van der Waals surface area contributed by atoms with Gasteiger partial charge in [-0.15, -0.1) is 0 Å². The van der Waals surface area contributed by atoms with Crippen LogP contribution in [0.25, 0.3) is 0 Å². The standard InChI is InChI=1S/C12H19N3O2S2/c1-8-9(2)18-4-3-15(8)11-5-10(13)6-12(7-11)19(14,16)17/h5-9H,3-4,13H2,1-2H3,(H2,14,16,17). The van der Waals surface area contributed by atoms with E-state index in [-0.39, 0.29) is 4.90 Å². The molecule has 1 saturated heterocycles. The minimum absolute atomic E-state index is 0.0700. The Labute approximate surface area is 118 Å². The molecule has 0 spiro atoms. The summed E-state index contributed by atoms with van der Waals surface area (Å²) < 4.78 is 22.9. The van der Waals surface area contributed by atoms with Crippen molar-refractivity contribution < 1.29 is 8.42 Å². The molecule has 1 fully saturated rings. The monoisotopic (exact) mass is 301 g/mol. The number of nitrogens with two attached hydrogens (primary N) is 2. The van der Waals surface area contributed by atoms with Gasteiger partial charge in [0, 0.05) is 35.0 Å². The Morgan fingerprint density at radius 1 is 1.32 bits per heavy atom. The Kier molecular flexibility index (Phi) is 3.98. The van der Waals surface area contributed by atoms with Crippen LogP contribution in [0, 0.1) is 0 Å². The first-order chi connectivity index (χ1) is 8.79. The fourth-order valence-corrected chi connectivity index (χ4v) is 3.92. The Morgan fingerprint density at radius 3 is 2.63 bits per heavy atom. The third-order valence-electron chi connectivity index (χ3n) is 3.46. The zero-order valence-corrected chi connectivity index (χ0v) is 12.7. The Morgan fingerprint density at radius 2 is 2.00 bits per heavy atom. The van der Waals surface area contributed by atoms with Crippen molar-refractivity contribution in [3.63, 3.8) is 0 Å². The molecule has 0 amide bonds. The van der Waals surface area contributed by atoms with Crippen LogP contribution in [0.1, 0.15) is 13.8 Å². The van der Waals surface area contributed by atoms with Gasteiger partial charge in [0.15, 0.2) is 0 Å². The summed E-state index contributed by atoms with van der Waals surface area (Å²) in [6, 6.07) is 5.12. The van der Waals surface area contributed by atoms with Gasteiger partial charge in [0.2, 0.25) is 10.0 Å². The van der Waals surface area contributed by atoms with Crippen molar-refractivity contribution in [3.8, 4) is 0 Å². The van der Waals surface area contributed by atoms with Crippen LogP contribution in [-0.4, -0.2) is 32.0 Å². The van der Waals surface area contributed by atoms with Crippen molar-refractivity contribution in [1.82, 2.24) is 0 Å². The van der Waals surface area contributed by atoms with Gasteiger partial charge in [-0.1, -0.05) is 6.92 Å². The van der Waals surface area contributed by atoms with Crippen LogP contribution in [0.5, 0.6) is 0 Å². The van der Waals surface area contributed by atoms with Crippen LogP contribution >= 0.6 is 11.8 Å². The van der Waals surface area contributed by atoms with Crippen LogP contribution in [0.3, 0.4) is 0 Å². The third-order valence-corrected chi connectivity index (χ3v) is 5.69. The van der Waals surface area contributed by atoms with E-state index in [2.05, 4.69) is 18.7 Å². The Bertz CT molecular complexity index is 574. The average Bonchev–Trinajstić information content (AvgIpc) is 2.31. The lowest BCUT2D eigenvalue weighted by Gasteiger charge is -2.39. The molecule has 4 N–H and O–H groups in total. The van der Waals surface area contributed by atoms with Crippen molar-refractivity contribution in [2.45, 2.75) is 30.0 Å². The zero-order chi connectivity index (χ0) is 14.2. The summed E-state index contributed by atoms with van der Waals surface area (Å²) in [5.74, 6) is 1.02. The van der Waals surface area contributed by atoms with Crippen molar-refractivity contribution in [2.24, 2.45) is 5.14 Å². The van der Waals surface area contributed by atoms with E-state index in [1.54, 1.807) is 12.1 Å². The highest BCUT2D eigenvalue weighted by Gasteiger charge is 2.26. The first-order valence-electron chi connectivity index (χ1n) is 6.10. The van der Waals surface area contributed by atoms with Crippen LogP contribution in [0.2, 0.25) is 0 Å². The molecule has 0 radical (unpaired) electrons. The molecule has 19 heavy (non-hydrogen) atoms. The summed E-state index contributed by atoms with van der Waals surface area (Å²) in [5, 5.41) is 5.67. The number of hydrogen-bond donors (Lipinski definition) is 2. The van der Waals surface area contributed by atoms with Crippen molar-refractivity contribution in [1.29, 1.82) is 0 Å². The SMILES string of the molecule is CC1SCCN(c2cc(N)cc(S(N)(=O)=O)c2)C1C. The van der Waals surface area contributed by atoms with E-state index in [0.717, 1.165) is 18.0 Å². The normalized spacial score (nSPS) is 24.5. The van der Waals surface area contributed by atoms with E-state index in [1.165, 1.54) is 6.07 Å². The summed E-state index contributed by atoms with van der Waals surface area (Å²) in [5.41, 5.74) is 7.03. The number of benzene rings is 1. The number of thioether (sulfide) groups is 1. The molecule has 2 rings (SSSR count). The molecule has 1 aromatic rings. The van der Waals surface area contributed by atoms with Gasteiger partial charge < -0.3 is 10.6 Å². The van der Waals surface area contributed by atoms with E-state index >= 15 is 0 Å². The quantitative estimate of drug-likeness (QED) is 0.802. The number of primary sulfonamides is 1. The lowest BCUT2D eigenvalue weighted by Crippen LogP contribution is -2.44. The summed E-state index contributed by atoms with van der Waals surface area (Å²) in [6.45, 7) is 5.19. The van der Waals surface area contributed by atoms with Crippen molar-refractivity contribution in [3.05, 3.63) is 18.2 Å². The topological polar surface area (TPSA) is 89.4 Å². The van der Waals surface area contributed by atoms with Crippen molar-refractivity contribution in [2.75, 3.05) is 22.9 Å². The molecule has 0 aromatic heterocycles. The number of nitrogens with zero attached hydrogens (tertiary/aromatic N) is 1. The maximum atomic E-state index is 11.5. The maximum Gasteiger partial charge on any atom is 0.238 e. The van der Waals surface area contributed by atoms with E-state index < -0.39 is 10.0 Å². The maximum absolute atomic E-state index is 11.5. The van der Waals surface area contributed by atoms with E-state index in [4.69, 9.17) is 10.9 Å². The third kappa shape index (κ3) is 3.16. The van der Waals surface area contributed by atoms with Gasteiger partial charge in [-0.2, -0.15) is 11.8 Å². The van der Waals surface area contributed by atoms with E-state index in [1.807, 2.05) is 11.8 Å². The fourth-order valence-electron chi connectivity index (χ4n) is 2.23. The van der Waals surface area contributed by atoms with Gasteiger partial charge in [0.1, 0.15) is 0 Å². The smallest absolute Gasteiger partial charge is 0.238 e. The highest BCUT2D eigenvalue weighted by Crippen LogP contribution is 2.31. The second-order valence-corrected chi connectivity index (χ2v) is 7.86. The molecule has 0 aliphatic carbocycles. The molecule has 106 valence electrons. The number of sulfonamides is 1. The van der Waals surface area contributed by atoms with Crippen molar-refractivity contribution >= 4 is 33.2 Å². The van der Waals surface area contributed by atoms with Crippen LogP contribution < -0.4 is 15.8 Å². The van der Waals surface area contributed by atoms with Gasteiger partial charge in [-0.05, 0) is 25.1 Å². The number of rotatable bonds is 2. The molecule has 2 atom stereocenters. The number of nitrogen functional groups attached to an aromatic ring is 1. The summed E-state index contributed by atoms with van der Waals surface area (Å²) in [6.07, 6.45) is 0. The Balaban J connectivity index is 2.42. The lowest BCUT2D eigenvalue weighted by molar-refractivity contribution is 0.597. The largest absolute Gasteiger partial charge is 0.399 e. The summed E-state index contributed by atoms with van der Waals surface area (Å²) in [7, 11) is -3.73. The second-order valence-electron chi connectivity index (χ2n) is 4.82. The molecule has 5 nitrogen and oxygen atoms in total. The minimum Gasteiger partial charge on any atom is -0.399 e. The zero-order valence-electron chi connectivity index (χ0n) is 11.0. The first-order valence-corrected chi connectivity index (χ1v) is 8.70. The molecule has 1 aromatic carbocycles. The fraction of sp³-hybridized carbons (Fsp3) is 0.500. The summed E-state index contributed by atoms with van der Waals surface area (Å²) >= 11 is 1.92. The molecular formula is C12H19N3O2S2. The van der Waals surface area contributed by atoms with Gasteiger partial charge >= 0.3 is 0 Å². The predicted molar refractivity (Wildman–Crippen MR) is 81.0 cm³/mol. The van der Waals surface area contributed by atoms with Crippen LogP contribution in [0.15, 0.2) is 23.1 Å². The average molecular weight is 301 g/mol. The van der Waals surface area contributed by atoms with E-state index in [9.17, 15) is 8.42 Å². The molecule has 7 heteroatoms. The highest BCUT2D eigenvalue weighted by molar-refractivity contribution is 8.00. The van der Waals surface area contributed by atoms with Crippen LogP contribution in [-0.2, 0) is 10.0 Å². The summed E-state index contributed by atoms with van der Waals surface area (Å²) in [4.78, 5) is 2.26. The predicted octanol–water partition coefficient (Wildman–Crippen LogP) is 1.25. The van der Waals surface area contributed by atoms with Gasteiger partial charge in [0.05, 0.1) is 4.90 Å². The van der Waals surface area contributed by atoms with Gasteiger partial charge in [-0.3, -0.25) is 0 Å². The van der Waals surface area contributed by atoms with E-state index in [0.29, 0.717) is 17.0 Å². The highest BCUT2D eigenvalue weighted by atomic mass is 32.2. The number of hydrogen-bond acceptors (Lipinski definition) is 5. The second kappa shape index (κ2) is 5.22. The molecule has 1 aliphatic rings. The van der Waals surface area contributed by atoms with Crippen LogP contribution in [0.4, 0.5) is 11.4 Å². The number of anilines is 2. The molecule has 0 saturated carbocycles. The molecule has 1 aliphatic heterocycles. The van der Waals surface area contributed by atoms with Gasteiger partial charge in [0.25, 0.3) is 0 Å². The molecule has 2 unspecified atom stereocenters. The Hall–Kier alpha value is -0.920. The first kappa shape index (κ1) is 14.5. The van der Waals surface area contributed by atoms with Gasteiger partial charge in [-0.25, -0.2) is 13.6 Å². The molecular weight excluding hydrogens is 282 g/mol. The lowest BCUT2D eigenvalue weighted by atomic mass is 10.1.